The number of phenolic OH excluding ortho intramolecular Hbond substituents is 1. The standard InChI is InChI=1S/C16H20O.C13H18FNO2/c1-6-11(3)8-14(7-2)16-12(4)9-15(17)10-13(16)5;1-13(2,3)17-12(16)7-5-9-4-6-10(15)8-11(9)14/h6-10,17H,2H2,1,3-5H3;4,6,8H,5,7,15H2,1-3H3/b11-6-,14-8+;. The van der Waals surface area contributed by atoms with Gasteiger partial charge >= 0.3 is 5.97 Å². The van der Waals surface area contributed by atoms with Crippen molar-refractivity contribution >= 4 is 17.2 Å². The molecule has 3 N–H and O–H groups in total. The largest absolute Gasteiger partial charge is 0.508 e. The van der Waals surface area contributed by atoms with Crippen molar-refractivity contribution in [2.45, 2.75) is 66.9 Å². The number of nitrogens with two attached hydrogens (primary N) is 1. The zero-order valence-corrected chi connectivity index (χ0v) is 21.5. The summed E-state index contributed by atoms with van der Waals surface area (Å²) in [7, 11) is 0. The lowest BCUT2D eigenvalue weighted by Crippen LogP contribution is -2.24. The second-order valence-electron chi connectivity index (χ2n) is 9.23. The number of aromatic hydroxyl groups is 1. The van der Waals surface area contributed by atoms with Gasteiger partial charge in [0.15, 0.2) is 0 Å². The van der Waals surface area contributed by atoms with Gasteiger partial charge in [-0.05, 0) is 107 Å². The Labute approximate surface area is 203 Å². The maximum atomic E-state index is 13.4. The monoisotopic (exact) mass is 467 g/mol. The first kappa shape index (κ1) is 28.7. The van der Waals surface area contributed by atoms with Crippen LogP contribution in [0.15, 0.2) is 60.7 Å². The number of aryl methyl sites for hydroxylation is 3. The third-order valence-corrected chi connectivity index (χ3v) is 4.96. The molecule has 0 aliphatic carbocycles. The summed E-state index contributed by atoms with van der Waals surface area (Å²) >= 11 is 0. The number of ether oxygens (including phenoxy) is 1. The van der Waals surface area contributed by atoms with Gasteiger partial charge in [0.05, 0.1) is 0 Å². The van der Waals surface area contributed by atoms with Gasteiger partial charge in [-0.1, -0.05) is 36.4 Å². The number of esters is 1. The Balaban J connectivity index is 0.000000340. The van der Waals surface area contributed by atoms with Crippen molar-refractivity contribution in [3.8, 4) is 5.75 Å². The van der Waals surface area contributed by atoms with E-state index in [-0.39, 0.29) is 18.2 Å². The molecule has 0 amide bonds. The maximum Gasteiger partial charge on any atom is 0.306 e. The molecular weight excluding hydrogens is 429 g/mol. The Kier molecular flexibility index (Phi) is 10.8. The lowest BCUT2D eigenvalue weighted by Gasteiger charge is -2.19. The van der Waals surface area contributed by atoms with Crippen LogP contribution in [0.1, 0.15) is 63.3 Å². The molecule has 0 atom stereocenters. The molecule has 2 aromatic carbocycles. The second kappa shape index (κ2) is 12.8. The molecule has 5 heteroatoms. The zero-order chi connectivity index (χ0) is 26.1. The van der Waals surface area contributed by atoms with Gasteiger partial charge < -0.3 is 15.6 Å². The van der Waals surface area contributed by atoms with E-state index in [2.05, 4.69) is 25.7 Å². The molecule has 184 valence electrons. The number of halogens is 1. The summed E-state index contributed by atoms with van der Waals surface area (Å²) in [6.07, 6.45) is 6.52. The number of hydrogen-bond donors (Lipinski definition) is 2. The van der Waals surface area contributed by atoms with Gasteiger partial charge in [0, 0.05) is 12.1 Å². The predicted molar refractivity (Wildman–Crippen MR) is 140 cm³/mol. The van der Waals surface area contributed by atoms with Crippen LogP contribution in [0, 0.1) is 19.7 Å². The Morgan fingerprint density at radius 2 is 1.76 bits per heavy atom. The smallest absolute Gasteiger partial charge is 0.306 e. The second-order valence-corrected chi connectivity index (χ2v) is 9.23. The van der Waals surface area contributed by atoms with Gasteiger partial charge in [-0.3, -0.25) is 4.79 Å². The fourth-order valence-corrected chi connectivity index (χ4v) is 3.35. The molecule has 2 aromatic rings. The van der Waals surface area contributed by atoms with Crippen LogP contribution in [0.3, 0.4) is 0 Å². The molecule has 0 unspecified atom stereocenters. The van der Waals surface area contributed by atoms with E-state index in [1.54, 1.807) is 45.0 Å². The van der Waals surface area contributed by atoms with E-state index in [1.165, 1.54) is 11.6 Å². The zero-order valence-electron chi connectivity index (χ0n) is 21.5. The number of carbonyl (C=O) groups excluding carboxylic acids is 1. The van der Waals surface area contributed by atoms with Gasteiger partial charge in [0.25, 0.3) is 0 Å². The van der Waals surface area contributed by atoms with E-state index in [1.807, 2.05) is 26.8 Å². The van der Waals surface area contributed by atoms with Crippen molar-refractivity contribution in [2.75, 3.05) is 5.73 Å². The molecule has 2 rings (SSSR count). The molecule has 0 heterocycles. The summed E-state index contributed by atoms with van der Waals surface area (Å²) in [4.78, 5) is 11.4. The van der Waals surface area contributed by atoms with E-state index in [0.717, 1.165) is 22.3 Å². The van der Waals surface area contributed by atoms with Crippen LogP contribution in [-0.2, 0) is 16.0 Å². The minimum absolute atomic E-state index is 0.165. The Morgan fingerprint density at radius 3 is 2.24 bits per heavy atom. The highest BCUT2D eigenvalue weighted by Crippen LogP contribution is 2.28. The predicted octanol–water partition coefficient (Wildman–Crippen LogP) is 7.23. The van der Waals surface area contributed by atoms with Crippen molar-refractivity contribution < 1.29 is 19.0 Å². The fraction of sp³-hybridized carbons (Fsp3) is 0.345. The van der Waals surface area contributed by atoms with E-state index in [4.69, 9.17) is 10.5 Å². The number of nitrogen functional groups attached to an aromatic ring is 1. The number of phenols is 1. The quantitative estimate of drug-likeness (QED) is 0.267. The van der Waals surface area contributed by atoms with E-state index < -0.39 is 5.60 Å². The van der Waals surface area contributed by atoms with Gasteiger partial charge in [0.2, 0.25) is 0 Å². The molecule has 0 aliphatic rings. The molecular formula is C29H38FNO3. The van der Waals surface area contributed by atoms with Crippen LogP contribution in [0.25, 0.3) is 5.57 Å². The van der Waals surface area contributed by atoms with E-state index in [0.29, 0.717) is 23.4 Å². The molecule has 0 radical (unpaired) electrons. The van der Waals surface area contributed by atoms with E-state index in [9.17, 15) is 14.3 Å². The summed E-state index contributed by atoms with van der Waals surface area (Å²) in [6.45, 7) is 17.4. The highest BCUT2D eigenvalue weighted by Gasteiger charge is 2.16. The van der Waals surface area contributed by atoms with Crippen LogP contribution in [0.4, 0.5) is 10.1 Å². The molecule has 34 heavy (non-hydrogen) atoms. The molecule has 0 spiro atoms. The maximum absolute atomic E-state index is 13.4. The number of anilines is 1. The van der Waals surface area contributed by atoms with Crippen LogP contribution < -0.4 is 5.73 Å². The highest BCUT2D eigenvalue weighted by molar-refractivity contribution is 5.79. The lowest BCUT2D eigenvalue weighted by atomic mass is 9.94. The Morgan fingerprint density at radius 1 is 1.18 bits per heavy atom. The highest BCUT2D eigenvalue weighted by atomic mass is 19.1. The first-order valence-electron chi connectivity index (χ1n) is 11.3. The average Bonchev–Trinajstić information content (AvgIpc) is 2.70. The van der Waals surface area contributed by atoms with Crippen molar-refractivity contribution in [3.05, 3.63) is 88.8 Å². The van der Waals surface area contributed by atoms with E-state index >= 15 is 0 Å². The average molecular weight is 468 g/mol. The summed E-state index contributed by atoms with van der Waals surface area (Å²) in [5.41, 5.74) is 11.4. The number of carbonyl (C=O) groups is 1. The molecule has 0 bridgehead atoms. The number of hydrogen-bond acceptors (Lipinski definition) is 4. The Bertz CT molecular complexity index is 1050. The summed E-state index contributed by atoms with van der Waals surface area (Å²) in [5, 5.41) is 9.54. The third kappa shape index (κ3) is 9.65. The van der Waals surface area contributed by atoms with Crippen LogP contribution >= 0.6 is 0 Å². The number of allylic oxidation sites excluding steroid dienone is 5. The number of rotatable bonds is 6. The van der Waals surface area contributed by atoms with Crippen molar-refractivity contribution in [3.63, 3.8) is 0 Å². The van der Waals surface area contributed by atoms with Crippen molar-refractivity contribution in [1.29, 1.82) is 0 Å². The first-order chi connectivity index (χ1) is 15.8. The minimum atomic E-state index is -0.503. The molecule has 4 nitrogen and oxygen atoms in total. The van der Waals surface area contributed by atoms with Gasteiger partial charge in [-0.2, -0.15) is 0 Å². The third-order valence-electron chi connectivity index (χ3n) is 4.96. The normalized spacial score (nSPS) is 12.0. The van der Waals surface area contributed by atoms with Crippen LogP contribution in [0.5, 0.6) is 5.75 Å². The molecule has 0 aromatic heterocycles. The molecule has 0 fully saturated rings. The van der Waals surface area contributed by atoms with Gasteiger partial charge in [-0.25, -0.2) is 4.39 Å². The van der Waals surface area contributed by atoms with Crippen LogP contribution in [-0.4, -0.2) is 16.7 Å². The molecule has 0 saturated heterocycles. The topological polar surface area (TPSA) is 72.5 Å². The Hall–Kier alpha value is -3.34. The molecule has 0 saturated carbocycles. The summed E-state index contributed by atoms with van der Waals surface area (Å²) in [6, 6.07) is 8.03. The van der Waals surface area contributed by atoms with Crippen molar-refractivity contribution in [2.24, 2.45) is 0 Å². The SMILES string of the molecule is C=C/C(=C\C(C)=C/C)c1c(C)cc(O)cc1C.CC(C)(C)OC(=O)CCc1ccc(N)cc1F. The molecule has 0 aliphatic heterocycles. The first-order valence-corrected chi connectivity index (χ1v) is 11.3. The van der Waals surface area contributed by atoms with Crippen LogP contribution in [0.2, 0.25) is 0 Å². The fourth-order valence-electron chi connectivity index (χ4n) is 3.35. The number of benzene rings is 2. The van der Waals surface area contributed by atoms with Gasteiger partial charge in [0.1, 0.15) is 17.2 Å². The summed E-state index contributed by atoms with van der Waals surface area (Å²) < 4.78 is 18.5. The minimum Gasteiger partial charge on any atom is -0.508 e. The van der Waals surface area contributed by atoms with Gasteiger partial charge in [-0.15, -0.1) is 0 Å². The summed E-state index contributed by atoms with van der Waals surface area (Å²) in [5.74, 6) is -0.391. The lowest BCUT2D eigenvalue weighted by molar-refractivity contribution is -0.154. The van der Waals surface area contributed by atoms with Crippen molar-refractivity contribution in [1.82, 2.24) is 0 Å².